The molecule has 0 aliphatic carbocycles. The highest BCUT2D eigenvalue weighted by Crippen LogP contribution is 2.25. The molecule has 0 aliphatic heterocycles. The van der Waals surface area contributed by atoms with E-state index in [4.69, 9.17) is 9.15 Å². The van der Waals surface area contributed by atoms with Crippen LogP contribution in [-0.2, 0) is 0 Å². The minimum absolute atomic E-state index is 0.000287. The first-order valence-electron chi connectivity index (χ1n) is 10.2. The lowest BCUT2D eigenvalue weighted by molar-refractivity contribution is 0.414. The Kier molecular flexibility index (Phi) is 4.63. The fourth-order valence-electron chi connectivity index (χ4n) is 3.74. The molecule has 5 aromatic rings. The van der Waals surface area contributed by atoms with E-state index in [1.54, 1.807) is 18.2 Å². The predicted octanol–water partition coefficient (Wildman–Crippen LogP) is 4.78. The zero-order valence-electron chi connectivity index (χ0n) is 17.9. The molecule has 0 radical (unpaired) electrons. The number of aromatic nitrogens is 2. The van der Waals surface area contributed by atoms with Gasteiger partial charge in [0, 0.05) is 11.6 Å². The van der Waals surface area contributed by atoms with Crippen molar-refractivity contribution in [1.82, 2.24) is 9.55 Å². The maximum Gasteiger partial charge on any atom is 0.273 e. The number of rotatable bonds is 3. The Labute approximate surface area is 183 Å². The molecule has 2 heterocycles. The van der Waals surface area contributed by atoms with Crippen molar-refractivity contribution in [3.8, 4) is 22.8 Å². The van der Waals surface area contributed by atoms with Crippen molar-refractivity contribution in [3.63, 3.8) is 0 Å². The van der Waals surface area contributed by atoms with Crippen LogP contribution in [0.2, 0.25) is 0 Å². The maximum absolute atomic E-state index is 13.7. The second-order valence-electron chi connectivity index (χ2n) is 7.75. The molecule has 0 saturated carbocycles. The van der Waals surface area contributed by atoms with Crippen LogP contribution in [0.25, 0.3) is 39.1 Å². The second-order valence-corrected chi connectivity index (χ2v) is 7.75. The van der Waals surface area contributed by atoms with Gasteiger partial charge in [-0.3, -0.25) is 14.2 Å². The molecule has 6 heteroatoms. The SMILES string of the molecule is COc1ccc2c(=O)c3c(=O)n(-c4ccc(C)cc4)c(-c4ccc(C)cc4)nc3oc2c1. The van der Waals surface area contributed by atoms with Crippen molar-refractivity contribution >= 4 is 22.1 Å². The number of methoxy groups -OCH3 is 1. The minimum Gasteiger partial charge on any atom is -0.497 e. The van der Waals surface area contributed by atoms with Crippen LogP contribution in [0.5, 0.6) is 5.75 Å². The van der Waals surface area contributed by atoms with Gasteiger partial charge >= 0.3 is 0 Å². The molecule has 6 nitrogen and oxygen atoms in total. The molecule has 0 spiro atoms. The Balaban J connectivity index is 1.93. The number of hydrogen-bond donors (Lipinski definition) is 0. The van der Waals surface area contributed by atoms with Gasteiger partial charge < -0.3 is 9.15 Å². The molecule has 5 rings (SSSR count). The summed E-state index contributed by atoms with van der Waals surface area (Å²) >= 11 is 0. The van der Waals surface area contributed by atoms with E-state index in [2.05, 4.69) is 4.98 Å². The summed E-state index contributed by atoms with van der Waals surface area (Å²) in [5, 5.41) is 0.217. The van der Waals surface area contributed by atoms with Gasteiger partial charge in [0.2, 0.25) is 11.1 Å². The molecule has 2 aromatic heterocycles. The third-order valence-corrected chi connectivity index (χ3v) is 5.52. The Morgan fingerprint density at radius 3 is 2.19 bits per heavy atom. The molecular formula is C26H20N2O4. The van der Waals surface area contributed by atoms with Crippen LogP contribution in [0.3, 0.4) is 0 Å². The number of aryl methyl sites for hydroxylation is 2. The monoisotopic (exact) mass is 424 g/mol. The van der Waals surface area contributed by atoms with E-state index >= 15 is 0 Å². The molecule has 0 bridgehead atoms. The zero-order chi connectivity index (χ0) is 22.4. The Morgan fingerprint density at radius 1 is 0.875 bits per heavy atom. The summed E-state index contributed by atoms with van der Waals surface area (Å²) < 4.78 is 12.7. The number of hydrogen-bond acceptors (Lipinski definition) is 5. The highest BCUT2D eigenvalue weighted by molar-refractivity contribution is 5.89. The molecule has 0 atom stereocenters. The first-order chi connectivity index (χ1) is 15.5. The lowest BCUT2D eigenvalue weighted by Gasteiger charge is -2.14. The van der Waals surface area contributed by atoms with Crippen molar-refractivity contribution in [2.24, 2.45) is 0 Å². The summed E-state index contributed by atoms with van der Waals surface area (Å²) in [6.07, 6.45) is 0. The largest absolute Gasteiger partial charge is 0.497 e. The summed E-state index contributed by atoms with van der Waals surface area (Å²) in [4.78, 5) is 31.6. The summed E-state index contributed by atoms with van der Waals surface area (Å²) in [6, 6.07) is 20.1. The van der Waals surface area contributed by atoms with Crippen LogP contribution in [-0.4, -0.2) is 16.7 Å². The van der Waals surface area contributed by atoms with Crippen molar-refractivity contribution in [3.05, 3.63) is 98.4 Å². The van der Waals surface area contributed by atoms with Crippen molar-refractivity contribution < 1.29 is 9.15 Å². The van der Waals surface area contributed by atoms with E-state index in [1.807, 2.05) is 62.4 Å². The van der Waals surface area contributed by atoms with E-state index < -0.39 is 11.0 Å². The van der Waals surface area contributed by atoms with Gasteiger partial charge in [-0.25, -0.2) is 0 Å². The van der Waals surface area contributed by atoms with Gasteiger partial charge in [0.1, 0.15) is 11.3 Å². The van der Waals surface area contributed by atoms with Gasteiger partial charge in [-0.15, -0.1) is 0 Å². The molecule has 0 aliphatic rings. The Bertz CT molecular complexity index is 1600. The van der Waals surface area contributed by atoms with Crippen LogP contribution >= 0.6 is 0 Å². The van der Waals surface area contributed by atoms with Gasteiger partial charge in [0.15, 0.2) is 11.2 Å². The topological polar surface area (TPSA) is 74.3 Å². The van der Waals surface area contributed by atoms with Gasteiger partial charge in [-0.1, -0.05) is 47.5 Å². The standard InChI is InChI=1S/C26H20N2O4/c1-15-4-8-17(9-5-15)24-27-25-22(26(30)28(24)18-10-6-16(2)7-11-18)23(29)20-13-12-19(31-3)14-21(20)32-25/h4-14H,1-3H3. The third-order valence-electron chi connectivity index (χ3n) is 5.52. The summed E-state index contributed by atoms with van der Waals surface area (Å²) in [5.74, 6) is 0.948. The van der Waals surface area contributed by atoms with Crippen LogP contribution in [0.15, 0.2) is 80.7 Å². The first kappa shape index (κ1) is 19.8. The molecule has 0 fully saturated rings. The number of benzene rings is 3. The van der Waals surface area contributed by atoms with Crippen molar-refractivity contribution in [1.29, 1.82) is 0 Å². The predicted molar refractivity (Wildman–Crippen MR) is 125 cm³/mol. The van der Waals surface area contributed by atoms with Crippen molar-refractivity contribution in [2.45, 2.75) is 13.8 Å². The highest BCUT2D eigenvalue weighted by atomic mass is 16.5. The fraction of sp³-hybridized carbons (Fsp3) is 0.115. The van der Waals surface area contributed by atoms with E-state index in [9.17, 15) is 9.59 Å². The molecule has 0 amide bonds. The quantitative estimate of drug-likeness (QED) is 0.390. The number of fused-ring (bicyclic) bond motifs is 2. The Hall–Kier alpha value is -4.19. The van der Waals surface area contributed by atoms with E-state index in [0.29, 0.717) is 28.2 Å². The second kappa shape index (κ2) is 7.50. The minimum atomic E-state index is -0.471. The molecule has 32 heavy (non-hydrogen) atoms. The smallest absolute Gasteiger partial charge is 0.273 e. The molecule has 0 N–H and O–H groups in total. The van der Waals surface area contributed by atoms with Crippen LogP contribution in [0, 0.1) is 13.8 Å². The fourth-order valence-corrected chi connectivity index (χ4v) is 3.74. The molecule has 158 valence electrons. The van der Waals surface area contributed by atoms with Gasteiger partial charge in [0.05, 0.1) is 18.2 Å². The number of ether oxygens (including phenoxy) is 1. The maximum atomic E-state index is 13.7. The van der Waals surface area contributed by atoms with E-state index in [-0.39, 0.29) is 11.1 Å². The zero-order valence-corrected chi connectivity index (χ0v) is 17.9. The average Bonchev–Trinajstić information content (AvgIpc) is 2.80. The van der Waals surface area contributed by atoms with Crippen LogP contribution in [0.4, 0.5) is 0 Å². The lowest BCUT2D eigenvalue weighted by Crippen LogP contribution is -2.26. The lowest BCUT2D eigenvalue weighted by atomic mass is 10.1. The van der Waals surface area contributed by atoms with E-state index in [1.165, 1.54) is 11.7 Å². The molecular weight excluding hydrogens is 404 g/mol. The Morgan fingerprint density at radius 2 is 1.53 bits per heavy atom. The highest BCUT2D eigenvalue weighted by Gasteiger charge is 2.20. The summed E-state index contributed by atoms with van der Waals surface area (Å²) in [7, 11) is 1.54. The van der Waals surface area contributed by atoms with Gasteiger partial charge in [-0.2, -0.15) is 4.98 Å². The molecule has 0 unspecified atom stereocenters. The first-order valence-corrected chi connectivity index (χ1v) is 10.2. The summed E-state index contributed by atoms with van der Waals surface area (Å²) in [5.41, 5.74) is 2.94. The van der Waals surface area contributed by atoms with Crippen LogP contribution in [0.1, 0.15) is 11.1 Å². The number of nitrogens with zero attached hydrogens (tertiary/aromatic N) is 2. The van der Waals surface area contributed by atoms with Gasteiger partial charge in [-0.05, 0) is 38.1 Å². The summed E-state index contributed by atoms with van der Waals surface area (Å²) in [6.45, 7) is 3.96. The van der Waals surface area contributed by atoms with Crippen molar-refractivity contribution in [2.75, 3.05) is 7.11 Å². The van der Waals surface area contributed by atoms with Gasteiger partial charge in [0.25, 0.3) is 5.56 Å². The molecule has 0 saturated heterocycles. The average molecular weight is 424 g/mol. The normalized spacial score (nSPS) is 11.2. The van der Waals surface area contributed by atoms with Crippen LogP contribution < -0.4 is 15.7 Å². The third kappa shape index (κ3) is 3.17. The molecule has 3 aromatic carbocycles. The van der Waals surface area contributed by atoms with E-state index in [0.717, 1.165) is 16.7 Å².